The van der Waals surface area contributed by atoms with Crippen molar-refractivity contribution in [3.05, 3.63) is 23.4 Å². The summed E-state index contributed by atoms with van der Waals surface area (Å²) in [5, 5.41) is 3.10. The first kappa shape index (κ1) is 14.8. The summed E-state index contributed by atoms with van der Waals surface area (Å²) in [5.41, 5.74) is 1.49. The van der Waals surface area contributed by atoms with Gasteiger partial charge in [-0.25, -0.2) is 4.98 Å². The average molecular weight is 262 g/mol. The first-order chi connectivity index (χ1) is 8.32. The first-order valence-corrected chi connectivity index (χ1v) is 5.74. The van der Waals surface area contributed by atoms with Crippen molar-refractivity contribution >= 4 is 0 Å². The van der Waals surface area contributed by atoms with Gasteiger partial charge in [0.2, 0.25) is 5.88 Å². The fourth-order valence-electron chi connectivity index (χ4n) is 1.39. The van der Waals surface area contributed by atoms with Gasteiger partial charge in [0.1, 0.15) is 0 Å². The Kier molecular flexibility index (Phi) is 4.95. The highest BCUT2D eigenvalue weighted by molar-refractivity contribution is 5.24. The fourth-order valence-corrected chi connectivity index (χ4v) is 1.39. The van der Waals surface area contributed by atoms with Gasteiger partial charge >= 0.3 is 6.18 Å². The Balaban J connectivity index is 2.79. The second-order valence-corrected chi connectivity index (χ2v) is 4.04. The number of pyridine rings is 1. The smallest absolute Gasteiger partial charge is 0.425 e. The third-order valence-corrected chi connectivity index (χ3v) is 2.33. The van der Waals surface area contributed by atoms with Crippen LogP contribution in [-0.2, 0) is 6.54 Å². The molecule has 0 aromatic carbocycles. The van der Waals surface area contributed by atoms with E-state index in [0.717, 1.165) is 19.0 Å². The normalized spacial score (nSPS) is 13.4. The number of alkyl halides is 3. The van der Waals surface area contributed by atoms with Crippen molar-refractivity contribution in [3.8, 4) is 5.88 Å². The lowest BCUT2D eigenvalue weighted by atomic mass is 10.2. The Hall–Kier alpha value is -1.30. The van der Waals surface area contributed by atoms with Crippen LogP contribution in [0.25, 0.3) is 0 Å². The SMILES string of the molecule is CCNCc1cc(C)nc(OC(C)C(F)(F)F)c1. The van der Waals surface area contributed by atoms with E-state index in [1.54, 1.807) is 6.92 Å². The van der Waals surface area contributed by atoms with E-state index < -0.39 is 12.3 Å². The molecule has 0 saturated heterocycles. The van der Waals surface area contributed by atoms with Gasteiger partial charge in [0, 0.05) is 18.3 Å². The molecule has 18 heavy (non-hydrogen) atoms. The summed E-state index contributed by atoms with van der Waals surface area (Å²) < 4.78 is 41.9. The van der Waals surface area contributed by atoms with Crippen molar-refractivity contribution in [1.82, 2.24) is 10.3 Å². The summed E-state index contributed by atoms with van der Waals surface area (Å²) in [6.45, 7) is 6.01. The van der Waals surface area contributed by atoms with Crippen molar-refractivity contribution in [2.24, 2.45) is 0 Å². The van der Waals surface area contributed by atoms with Gasteiger partial charge in [0.15, 0.2) is 6.10 Å². The van der Waals surface area contributed by atoms with Crippen molar-refractivity contribution in [2.45, 2.75) is 39.6 Å². The zero-order valence-electron chi connectivity index (χ0n) is 10.6. The molecule has 0 radical (unpaired) electrons. The summed E-state index contributed by atoms with van der Waals surface area (Å²) in [6, 6.07) is 3.34. The standard InChI is InChI=1S/C12H17F3N2O/c1-4-16-7-10-5-8(2)17-11(6-10)18-9(3)12(13,14)15/h5-6,9,16H,4,7H2,1-3H3. The number of halogens is 3. The van der Waals surface area contributed by atoms with E-state index in [1.165, 1.54) is 6.07 Å². The fraction of sp³-hybridized carbons (Fsp3) is 0.583. The van der Waals surface area contributed by atoms with Crippen LogP contribution in [0, 0.1) is 6.92 Å². The second kappa shape index (κ2) is 6.04. The highest BCUT2D eigenvalue weighted by atomic mass is 19.4. The quantitative estimate of drug-likeness (QED) is 0.886. The van der Waals surface area contributed by atoms with Crippen LogP contribution in [0.5, 0.6) is 5.88 Å². The molecule has 1 heterocycles. The Labute approximate surface area is 104 Å². The molecule has 0 aliphatic heterocycles. The Morgan fingerprint density at radius 3 is 2.61 bits per heavy atom. The Morgan fingerprint density at radius 1 is 1.39 bits per heavy atom. The number of rotatable bonds is 5. The van der Waals surface area contributed by atoms with Gasteiger partial charge in [-0.2, -0.15) is 13.2 Å². The minimum Gasteiger partial charge on any atom is -0.465 e. The maximum atomic E-state index is 12.4. The van der Waals surface area contributed by atoms with Crippen LogP contribution in [0.4, 0.5) is 13.2 Å². The maximum Gasteiger partial charge on any atom is 0.425 e. The minimum absolute atomic E-state index is 0.00716. The molecule has 0 aliphatic carbocycles. The van der Waals surface area contributed by atoms with Gasteiger partial charge < -0.3 is 10.1 Å². The van der Waals surface area contributed by atoms with Gasteiger partial charge in [-0.1, -0.05) is 6.92 Å². The van der Waals surface area contributed by atoms with Gasteiger partial charge in [0.05, 0.1) is 0 Å². The summed E-state index contributed by atoms with van der Waals surface area (Å²) >= 11 is 0. The number of hydrogen-bond donors (Lipinski definition) is 1. The molecule has 102 valence electrons. The average Bonchev–Trinajstić information content (AvgIpc) is 2.24. The highest BCUT2D eigenvalue weighted by Gasteiger charge is 2.38. The van der Waals surface area contributed by atoms with Gasteiger partial charge in [-0.05, 0) is 32.0 Å². The molecule has 0 bridgehead atoms. The molecule has 1 aromatic heterocycles. The number of aromatic nitrogens is 1. The van der Waals surface area contributed by atoms with Crippen molar-refractivity contribution in [1.29, 1.82) is 0 Å². The summed E-state index contributed by atoms with van der Waals surface area (Å²) in [5.74, 6) is 0.00716. The van der Waals surface area contributed by atoms with E-state index in [1.807, 2.05) is 13.0 Å². The molecular weight excluding hydrogens is 245 g/mol. The molecule has 0 aliphatic rings. The maximum absolute atomic E-state index is 12.4. The van der Waals surface area contributed by atoms with E-state index in [0.29, 0.717) is 12.2 Å². The van der Waals surface area contributed by atoms with Crippen molar-refractivity contribution in [2.75, 3.05) is 6.54 Å². The molecule has 3 nitrogen and oxygen atoms in total. The molecule has 1 atom stereocenters. The molecule has 1 unspecified atom stereocenters. The van der Waals surface area contributed by atoms with Crippen molar-refractivity contribution < 1.29 is 17.9 Å². The third kappa shape index (κ3) is 4.52. The van der Waals surface area contributed by atoms with Crippen LogP contribution in [0.3, 0.4) is 0 Å². The molecule has 0 amide bonds. The Bertz CT molecular complexity index is 393. The Morgan fingerprint density at radius 2 is 2.06 bits per heavy atom. The van der Waals surface area contributed by atoms with E-state index in [4.69, 9.17) is 4.74 Å². The van der Waals surface area contributed by atoms with Crippen LogP contribution in [0.1, 0.15) is 25.1 Å². The minimum atomic E-state index is -4.38. The molecule has 0 saturated carbocycles. The van der Waals surface area contributed by atoms with E-state index in [9.17, 15) is 13.2 Å². The van der Waals surface area contributed by atoms with Crippen LogP contribution in [-0.4, -0.2) is 23.8 Å². The first-order valence-electron chi connectivity index (χ1n) is 5.74. The summed E-state index contributed by atoms with van der Waals surface area (Å²) in [6.07, 6.45) is -6.24. The predicted molar refractivity (Wildman–Crippen MR) is 62.5 cm³/mol. The molecule has 6 heteroatoms. The van der Waals surface area contributed by atoms with E-state index >= 15 is 0 Å². The molecular formula is C12H17F3N2O. The van der Waals surface area contributed by atoms with Gasteiger partial charge in [-0.15, -0.1) is 0 Å². The number of aryl methyl sites for hydroxylation is 1. The van der Waals surface area contributed by atoms with Crippen LogP contribution >= 0.6 is 0 Å². The van der Waals surface area contributed by atoms with E-state index in [-0.39, 0.29) is 5.88 Å². The van der Waals surface area contributed by atoms with E-state index in [2.05, 4.69) is 10.3 Å². The van der Waals surface area contributed by atoms with Crippen molar-refractivity contribution in [3.63, 3.8) is 0 Å². The monoisotopic (exact) mass is 262 g/mol. The van der Waals surface area contributed by atoms with Gasteiger partial charge in [-0.3, -0.25) is 0 Å². The topological polar surface area (TPSA) is 34.2 Å². The molecule has 1 rings (SSSR count). The number of hydrogen-bond acceptors (Lipinski definition) is 3. The number of nitrogens with zero attached hydrogens (tertiary/aromatic N) is 1. The largest absolute Gasteiger partial charge is 0.465 e. The van der Waals surface area contributed by atoms with Crippen LogP contribution in [0.15, 0.2) is 12.1 Å². The summed E-state index contributed by atoms with van der Waals surface area (Å²) in [7, 11) is 0. The van der Waals surface area contributed by atoms with Crippen LogP contribution < -0.4 is 10.1 Å². The van der Waals surface area contributed by atoms with Gasteiger partial charge in [0.25, 0.3) is 0 Å². The lowest BCUT2D eigenvalue weighted by molar-refractivity contribution is -0.190. The number of ether oxygens (including phenoxy) is 1. The lowest BCUT2D eigenvalue weighted by Crippen LogP contribution is -2.31. The second-order valence-electron chi connectivity index (χ2n) is 4.04. The van der Waals surface area contributed by atoms with Crippen LogP contribution in [0.2, 0.25) is 0 Å². The molecule has 1 N–H and O–H groups in total. The zero-order valence-corrected chi connectivity index (χ0v) is 10.6. The number of nitrogens with one attached hydrogen (secondary N) is 1. The summed E-state index contributed by atoms with van der Waals surface area (Å²) in [4.78, 5) is 3.95. The predicted octanol–water partition coefficient (Wildman–Crippen LogP) is 2.83. The lowest BCUT2D eigenvalue weighted by Gasteiger charge is -2.17. The molecule has 0 spiro atoms. The molecule has 1 aromatic rings. The zero-order chi connectivity index (χ0) is 13.8. The molecule has 0 fully saturated rings. The highest BCUT2D eigenvalue weighted by Crippen LogP contribution is 2.24. The third-order valence-electron chi connectivity index (χ3n) is 2.33.